The van der Waals surface area contributed by atoms with Gasteiger partial charge in [-0.05, 0) is 60.5 Å². The zero-order valence-electron chi connectivity index (χ0n) is 23.5. The smallest absolute Gasteiger partial charge is 0.490 e. The topological polar surface area (TPSA) is 178 Å². The molecule has 0 spiro atoms. The Morgan fingerprint density at radius 3 is 1.82 bits per heavy atom. The van der Waals surface area contributed by atoms with Gasteiger partial charge in [0.15, 0.2) is 0 Å². The molecule has 0 unspecified atom stereocenters. The summed E-state index contributed by atoms with van der Waals surface area (Å²) in [5.41, 5.74) is 2.66. The van der Waals surface area contributed by atoms with Crippen LogP contribution in [0.2, 0.25) is 0 Å². The van der Waals surface area contributed by atoms with Crippen LogP contribution in [-0.4, -0.2) is 78.6 Å². The number of carboxylic acids is 1. The third-order valence-corrected chi connectivity index (χ3v) is 5.56. The van der Waals surface area contributed by atoms with Crippen LogP contribution < -0.4 is 26.0 Å². The number of carboxylic acid groups (broad SMARTS) is 1. The number of hydrogen-bond donors (Lipinski definition) is 7. The number of halogens is 3. The molecule has 0 aliphatic rings. The predicted octanol–water partition coefficient (Wildman–Crippen LogP) is 4.08. The number of aliphatic hydroxyl groups excluding tert-OH is 2. The molecule has 3 amide bonds. The quantitative estimate of drug-likeness (QED) is 0.157. The second kappa shape index (κ2) is 17.9. The normalized spacial score (nSPS) is 12.0. The van der Waals surface area contributed by atoms with Crippen LogP contribution in [0.5, 0.6) is 5.75 Å². The van der Waals surface area contributed by atoms with E-state index in [0.29, 0.717) is 29.2 Å². The SMILES string of the molecule is COC(=O)Nc1ccc(NC(=O)Nc2ccc(C[C@@H](CO)NC[C@H](O)COc3ccccc3)cc2)cc1.O=C(O)C(F)(F)F. The number of carbonyl (C=O) groups is 3. The average molecular weight is 623 g/mol. The third-order valence-electron chi connectivity index (χ3n) is 5.56. The number of ether oxygens (including phenoxy) is 2. The number of urea groups is 1. The molecule has 0 heterocycles. The van der Waals surface area contributed by atoms with Crippen molar-refractivity contribution in [3.05, 3.63) is 84.4 Å². The lowest BCUT2D eigenvalue weighted by molar-refractivity contribution is -0.192. The van der Waals surface area contributed by atoms with Gasteiger partial charge in [0.25, 0.3) is 0 Å². The van der Waals surface area contributed by atoms with Crippen LogP contribution in [0.3, 0.4) is 0 Å². The number of methoxy groups -OCH3 is 1. The van der Waals surface area contributed by atoms with Crippen molar-refractivity contribution in [2.75, 3.05) is 42.8 Å². The fourth-order valence-corrected chi connectivity index (χ4v) is 3.38. The Hall–Kier alpha value is -4.86. The van der Waals surface area contributed by atoms with E-state index in [2.05, 4.69) is 26.0 Å². The number of hydrogen-bond acceptors (Lipinski definition) is 8. The van der Waals surface area contributed by atoms with E-state index in [4.69, 9.17) is 14.6 Å². The number of amides is 3. The molecule has 0 saturated carbocycles. The van der Waals surface area contributed by atoms with Gasteiger partial charge >= 0.3 is 24.3 Å². The Labute approximate surface area is 250 Å². The molecule has 0 aromatic heterocycles. The predicted molar refractivity (Wildman–Crippen MR) is 156 cm³/mol. The van der Waals surface area contributed by atoms with E-state index in [-0.39, 0.29) is 25.8 Å². The summed E-state index contributed by atoms with van der Waals surface area (Å²) >= 11 is 0. The summed E-state index contributed by atoms with van der Waals surface area (Å²) in [6, 6.07) is 22.5. The maximum atomic E-state index is 12.3. The molecular formula is C29H33F3N4O8. The van der Waals surface area contributed by atoms with Crippen molar-refractivity contribution >= 4 is 35.2 Å². The summed E-state index contributed by atoms with van der Waals surface area (Å²) in [5.74, 6) is -2.07. The number of aliphatic carboxylic acids is 1. The van der Waals surface area contributed by atoms with Gasteiger partial charge in [0, 0.05) is 29.6 Å². The van der Waals surface area contributed by atoms with Crippen LogP contribution >= 0.6 is 0 Å². The van der Waals surface area contributed by atoms with Crippen LogP contribution in [0.1, 0.15) is 5.56 Å². The van der Waals surface area contributed by atoms with Gasteiger partial charge in [-0.15, -0.1) is 0 Å². The molecule has 0 aliphatic carbocycles. The van der Waals surface area contributed by atoms with E-state index in [1.54, 1.807) is 36.4 Å². The van der Waals surface area contributed by atoms with Gasteiger partial charge < -0.3 is 40.7 Å². The number of para-hydroxylation sites is 1. The Bertz CT molecular complexity index is 1310. The zero-order chi connectivity index (χ0) is 32.5. The van der Waals surface area contributed by atoms with Gasteiger partial charge in [-0.3, -0.25) is 5.32 Å². The van der Waals surface area contributed by atoms with E-state index in [1.165, 1.54) is 7.11 Å². The summed E-state index contributed by atoms with van der Waals surface area (Å²) < 4.78 is 41.8. The van der Waals surface area contributed by atoms with E-state index < -0.39 is 30.4 Å². The summed E-state index contributed by atoms with van der Waals surface area (Å²) in [7, 11) is 1.28. The Kier molecular flexibility index (Phi) is 14.4. The first-order valence-corrected chi connectivity index (χ1v) is 13.0. The lowest BCUT2D eigenvalue weighted by Gasteiger charge is -2.19. The van der Waals surface area contributed by atoms with E-state index in [0.717, 1.165) is 5.56 Å². The summed E-state index contributed by atoms with van der Waals surface area (Å²) in [6.07, 6.45) is -5.84. The highest BCUT2D eigenvalue weighted by atomic mass is 19.4. The number of alkyl halides is 3. The van der Waals surface area contributed by atoms with Crippen molar-refractivity contribution in [2.45, 2.75) is 24.7 Å². The van der Waals surface area contributed by atoms with Crippen LogP contribution in [0.15, 0.2) is 78.9 Å². The lowest BCUT2D eigenvalue weighted by Crippen LogP contribution is -2.41. The molecule has 3 rings (SSSR count). The Balaban J connectivity index is 0.000000860. The molecule has 0 fully saturated rings. The molecule has 0 bridgehead atoms. The molecular weight excluding hydrogens is 589 g/mol. The largest absolute Gasteiger partial charge is 0.491 e. The second-order valence-corrected chi connectivity index (χ2v) is 9.04. The van der Waals surface area contributed by atoms with Gasteiger partial charge in [0.2, 0.25) is 0 Å². The van der Waals surface area contributed by atoms with E-state index in [9.17, 15) is 33.0 Å². The summed E-state index contributed by atoms with van der Waals surface area (Å²) in [4.78, 5) is 32.4. The molecule has 0 aliphatic heterocycles. The second-order valence-electron chi connectivity index (χ2n) is 9.04. The Morgan fingerprint density at radius 2 is 1.34 bits per heavy atom. The molecule has 0 saturated heterocycles. The third kappa shape index (κ3) is 13.9. The first kappa shape index (κ1) is 35.3. The number of nitrogens with one attached hydrogen (secondary N) is 4. The highest BCUT2D eigenvalue weighted by Gasteiger charge is 2.38. The van der Waals surface area contributed by atoms with Crippen LogP contribution in [0.25, 0.3) is 0 Å². The number of carbonyl (C=O) groups excluding carboxylic acids is 2. The first-order valence-electron chi connectivity index (χ1n) is 13.0. The summed E-state index contributed by atoms with van der Waals surface area (Å²) in [5, 5.41) is 38.2. The molecule has 238 valence electrons. The lowest BCUT2D eigenvalue weighted by atomic mass is 10.1. The molecule has 0 radical (unpaired) electrons. The molecule has 12 nitrogen and oxygen atoms in total. The minimum Gasteiger partial charge on any atom is -0.491 e. The first-order chi connectivity index (χ1) is 20.9. The minimum atomic E-state index is -5.08. The van der Waals surface area contributed by atoms with E-state index in [1.807, 2.05) is 42.5 Å². The number of anilines is 3. The fraction of sp³-hybridized carbons (Fsp3) is 0.276. The molecule has 3 aromatic rings. The zero-order valence-corrected chi connectivity index (χ0v) is 23.5. The van der Waals surface area contributed by atoms with Crippen molar-refractivity contribution in [2.24, 2.45) is 0 Å². The van der Waals surface area contributed by atoms with Crippen molar-refractivity contribution < 1.29 is 52.3 Å². The molecule has 15 heteroatoms. The van der Waals surface area contributed by atoms with Crippen LogP contribution in [0.4, 0.5) is 39.8 Å². The van der Waals surface area contributed by atoms with Crippen LogP contribution in [0, 0.1) is 0 Å². The van der Waals surface area contributed by atoms with Crippen molar-refractivity contribution in [3.8, 4) is 5.75 Å². The minimum absolute atomic E-state index is 0.0946. The van der Waals surface area contributed by atoms with Gasteiger partial charge in [0.1, 0.15) is 18.5 Å². The Morgan fingerprint density at radius 1 is 0.841 bits per heavy atom. The molecule has 3 aromatic carbocycles. The number of benzene rings is 3. The standard InChI is InChI=1S/C27H32N4O6.C2HF3O2/c1-36-27(35)31-22-13-11-21(12-14-22)30-26(34)29-20-9-7-19(8-10-20)15-23(17-32)28-16-24(33)18-37-25-5-3-2-4-6-25;3-2(4,5)1(6)7/h2-14,23-24,28,32-33H,15-18H2,1H3,(H,31,35)(H2,29,30,34);(H,6,7)/t23-,24-;/m0./s1. The highest BCUT2D eigenvalue weighted by molar-refractivity contribution is 6.00. The maximum absolute atomic E-state index is 12.3. The fourth-order valence-electron chi connectivity index (χ4n) is 3.38. The average Bonchev–Trinajstić information content (AvgIpc) is 3.00. The molecule has 44 heavy (non-hydrogen) atoms. The monoisotopic (exact) mass is 622 g/mol. The summed E-state index contributed by atoms with van der Waals surface area (Å²) in [6.45, 7) is 0.326. The van der Waals surface area contributed by atoms with E-state index >= 15 is 0 Å². The van der Waals surface area contributed by atoms with Crippen molar-refractivity contribution in [1.82, 2.24) is 5.32 Å². The highest BCUT2D eigenvalue weighted by Crippen LogP contribution is 2.16. The van der Waals surface area contributed by atoms with Gasteiger partial charge in [0.05, 0.1) is 13.7 Å². The van der Waals surface area contributed by atoms with Gasteiger partial charge in [-0.2, -0.15) is 13.2 Å². The van der Waals surface area contributed by atoms with Crippen molar-refractivity contribution in [3.63, 3.8) is 0 Å². The van der Waals surface area contributed by atoms with Gasteiger partial charge in [-0.25, -0.2) is 14.4 Å². The molecule has 2 atom stereocenters. The number of aliphatic hydroxyl groups is 2. The van der Waals surface area contributed by atoms with Gasteiger partial charge in [-0.1, -0.05) is 30.3 Å². The van der Waals surface area contributed by atoms with Crippen LogP contribution in [-0.2, 0) is 16.0 Å². The van der Waals surface area contributed by atoms with Crippen molar-refractivity contribution in [1.29, 1.82) is 0 Å². The molecule has 7 N–H and O–H groups in total. The number of rotatable bonds is 12. The maximum Gasteiger partial charge on any atom is 0.490 e.